The summed E-state index contributed by atoms with van der Waals surface area (Å²) in [5.41, 5.74) is -1.55. The third-order valence-electron chi connectivity index (χ3n) is 2.86. The van der Waals surface area contributed by atoms with Gasteiger partial charge in [0.25, 0.3) is 5.56 Å². The van der Waals surface area contributed by atoms with Crippen LogP contribution in [0.4, 0.5) is 0 Å². The van der Waals surface area contributed by atoms with Gasteiger partial charge in [0.2, 0.25) is 0 Å². The number of aromatic amines is 1. The van der Waals surface area contributed by atoms with Crippen LogP contribution in [-0.4, -0.2) is 44.7 Å². The number of ether oxygens (including phenoxy) is 1. The van der Waals surface area contributed by atoms with E-state index in [4.69, 9.17) is 4.74 Å². The first-order chi connectivity index (χ1) is 9.69. The van der Waals surface area contributed by atoms with Gasteiger partial charge < -0.3 is 33.8 Å². The van der Waals surface area contributed by atoms with Gasteiger partial charge in [0.1, 0.15) is 18.3 Å². The number of hydrogen-bond acceptors (Lipinski definition) is 9. The molecule has 1 aromatic heterocycles. The van der Waals surface area contributed by atoms with E-state index in [-0.39, 0.29) is 59.1 Å². The molecule has 0 bridgehead atoms. The van der Waals surface area contributed by atoms with Crippen LogP contribution in [0.2, 0.25) is 0 Å². The second kappa shape index (κ2) is 9.39. The Morgan fingerprint density at radius 1 is 1.30 bits per heavy atom. The molecule has 1 fully saturated rings. The van der Waals surface area contributed by atoms with E-state index in [1.807, 2.05) is 4.98 Å². The van der Waals surface area contributed by atoms with Gasteiger partial charge >= 0.3 is 64.8 Å². The fraction of sp³-hybridized carbons (Fsp3) is 0.556. The molecular weight excluding hydrogens is 362 g/mol. The van der Waals surface area contributed by atoms with Crippen LogP contribution < -0.4 is 80.2 Å². The Hall–Kier alpha value is 0.670. The summed E-state index contributed by atoms with van der Waals surface area (Å²) in [5, 5.41) is 19.5. The van der Waals surface area contributed by atoms with E-state index in [2.05, 4.69) is 4.52 Å². The number of phosphoric ester groups is 1. The molecule has 23 heavy (non-hydrogen) atoms. The van der Waals surface area contributed by atoms with Crippen LogP contribution in [0.5, 0.6) is 0 Å². The predicted molar refractivity (Wildman–Crippen MR) is 60.8 cm³/mol. The Labute approximate surface area is 173 Å². The number of hydrogen-bond donors (Lipinski definition) is 3. The van der Waals surface area contributed by atoms with Gasteiger partial charge in [-0.1, -0.05) is 0 Å². The van der Waals surface area contributed by atoms with Crippen LogP contribution in [0.25, 0.3) is 0 Å². The molecule has 0 spiro atoms. The fourth-order valence-corrected chi connectivity index (χ4v) is 2.22. The summed E-state index contributed by atoms with van der Waals surface area (Å²) in [6.07, 6.45) is -4.83. The minimum atomic E-state index is -5.26. The van der Waals surface area contributed by atoms with E-state index < -0.39 is 50.2 Å². The average molecular weight is 373 g/mol. The van der Waals surface area contributed by atoms with Gasteiger partial charge in [0, 0.05) is 12.3 Å². The van der Waals surface area contributed by atoms with Crippen molar-refractivity contribution in [2.24, 2.45) is 0 Å². The average Bonchev–Trinajstić information content (AvgIpc) is 2.64. The van der Waals surface area contributed by atoms with Gasteiger partial charge in [0.05, 0.1) is 14.4 Å². The molecule has 2 heterocycles. The first-order valence-corrected chi connectivity index (χ1v) is 7.15. The monoisotopic (exact) mass is 373 g/mol. The minimum Gasteiger partial charge on any atom is -0.790 e. The van der Waals surface area contributed by atoms with Crippen LogP contribution in [0.15, 0.2) is 21.9 Å². The van der Waals surface area contributed by atoms with Crippen LogP contribution in [-0.2, 0) is 13.8 Å². The summed E-state index contributed by atoms with van der Waals surface area (Å²) in [6.45, 7) is -0.808. The first-order valence-electron chi connectivity index (χ1n) is 5.69. The molecule has 1 saturated heterocycles. The molecule has 1 aliphatic heterocycles. The molecule has 1 aromatic rings. The maximum Gasteiger partial charge on any atom is 1.00 e. The van der Waals surface area contributed by atoms with Crippen molar-refractivity contribution >= 4 is 7.82 Å². The number of aromatic nitrogens is 2. The number of aliphatic hydroxyl groups excluding tert-OH is 2. The van der Waals surface area contributed by atoms with Crippen molar-refractivity contribution in [1.29, 1.82) is 0 Å². The fourth-order valence-electron chi connectivity index (χ4n) is 1.89. The Morgan fingerprint density at radius 3 is 2.43 bits per heavy atom. The molecule has 118 valence electrons. The first kappa shape index (κ1) is 23.7. The second-order valence-electron chi connectivity index (χ2n) is 4.31. The molecule has 0 aromatic carbocycles. The van der Waals surface area contributed by atoms with E-state index in [1.54, 1.807) is 0 Å². The van der Waals surface area contributed by atoms with Crippen molar-refractivity contribution in [3.63, 3.8) is 0 Å². The topological polar surface area (TPSA) is 177 Å². The summed E-state index contributed by atoms with van der Waals surface area (Å²) < 4.78 is 20.3. The quantitative estimate of drug-likeness (QED) is 0.263. The third-order valence-corrected chi connectivity index (χ3v) is 3.32. The minimum absolute atomic E-state index is 0. The Kier molecular flexibility index (Phi) is 9.66. The van der Waals surface area contributed by atoms with Gasteiger partial charge in [0.15, 0.2) is 6.23 Å². The predicted octanol–water partition coefficient (Wildman–Crippen LogP) is -9.99. The molecular formula is C9H11N2Na2O9P. The molecule has 2 rings (SSSR count). The van der Waals surface area contributed by atoms with Gasteiger partial charge in [-0.15, -0.1) is 0 Å². The summed E-state index contributed by atoms with van der Waals surface area (Å²) in [5.74, 6) is 0. The molecule has 0 saturated carbocycles. The number of nitrogens with zero attached hydrogens (tertiary/aromatic N) is 1. The van der Waals surface area contributed by atoms with E-state index in [0.717, 1.165) is 16.8 Å². The van der Waals surface area contributed by atoms with Crippen LogP contribution in [0.3, 0.4) is 0 Å². The normalized spacial score (nSPS) is 27.1. The smallest absolute Gasteiger partial charge is 0.790 e. The van der Waals surface area contributed by atoms with E-state index >= 15 is 0 Å². The SMILES string of the molecule is O=c1ccn([13C@@H]2O[13C@H]([13CH2]OP(=O)([O-])[O-])[13C@@H](O)[13C@H]2O)c(=O)[nH]1.[Na+].[Na+]. The van der Waals surface area contributed by atoms with Gasteiger partial charge in [-0.2, -0.15) is 0 Å². The van der Waals surface area contributed by atoms with Gasteiger partial charge in [-0.05, 0) is 0 Å². The molecule has 0 unspecified atom stereocenters. The van der Waals surface area contributed by atoms with Crippen molar-refractivity contribution < 1.29 is 92.9 Å². The Bertz CT molecular complexity index is 673. The Morgan fingerprint density at radius 2 is 1.91 bits per heavy atom. The van der Waals surface area contributed by atoms with Crippen molar-refractivity contribution in [2.75, 3.05) is 6.61 Å². The maximum absolute atomic E-state index is 11.6. The van der Waals surface area contributed by atoms with Crippen molar-refractivity contribution in [3.05, 3.63) is 33.1 Å². The van der Waals surface area contributed by atoms with Crippen molar-refractivity contribution in [1.82, 2.24) is 9.55 Å². The molecule has 14 heteroatoms. The molecule has 1 aliphatic rings. The maximum atomic E-state index is 11.6. The molecule has 0 amide bonds. The van der Waals surface area contributed by atoms with E-state index in [9.17, 15) is 34.2 Å². The van der Waals surface area contributed by atoms with E-state index in [1.165, 1.54) is 0 Å². The second-order valence-corrected chi connectivity index (χ2v) is 5.46. The standard InChI is InChI=1S/C9H13N2O9P.2Na/c12-5-1-2-11(9(15)10-5)8-7(14)6(13)4(20-8)3-19-21(16,17)18;;/h1-2,4,6-8,13-14H,3H2,(H,10,12,15)(H2,16,17,18);;/q;2*+1/p-2/t4-,6-,7-,8-;;/m1../s1/i3+1,4+1,6+1,7+1,8+1;;. The van der Waals surface area contributed by atoms with Crippen molar-refractivity contribution in [3.8, 4) is 0 Å². The molecule has 11 nitrogen and oxygen atoms in total. The van der Waals surface area contributed by atoms with E-state index in [0.29, 0.717) is 0 Å². The molecule has 4 atom stereocenters. The van der Waals surface area contributed by atoms with Gasteiger partial charge in [-0.25, -0.2) is 4.79 Å². The number of nitrogens with one attached hydrogen (secondary N) is 1. The van der Waals surface area contributed by atoms with Crippen LogP contribution >= 0.6 is 7.82 Å². The number of rotatable bonds is 4. The largest absolute Gasteiger partial charge is 1.00 e. The van der Waals surface area contributed by atoms with Crippen LogP contribution in [0, 0.1) is 0 Å². The molecule has 0 radical (unpaired) electrons. The zero-order valence-electron chi connectivity index (χ0n) is 12.3. The van der Waals surface area contributed by atoms with Crippen molar-refractivity contribution in [2.45, 2.75) is 24.5 Å². The summed E-state index contributed by atoms with van der Waals surface area (Å²) in [6, 6.07) is 0.997. The molecule has 0 aliphatic carbocycles. The Balaban J connectivity index is 0.00000242. The summed E-state index contributed by atoms with van der Waals surface area (Å²) in [7, 11) is -5.26. The number of aliphatic hydroxyl groups is 2. The summed E-state index contributed by atoms with van der Waals surface area (Å²) >= 11 is 0. The summed E-state index contributed by atoms with van der Waals surface area (Å²) in [4.78, 5) is 45.2. The number of phosphoric acid groups is 1. The third kappa shape index (κ3) is 6.15. The zero-order chi connectivity index (χ0) is 15.8. The number of H-pyrrole nitrogens is 1. The zero-order valence-corrected chi connectivity index (χ0v) is 17.2. The van der Waals surface area contributed by atoms with Gasteiger partial charge in [-0.3, -0.25) is 14.3 Å². The van der Waals surface area contributed by atoms with Crippen LogP contribution in [0.1, 0.15) is 6.23 Å². The molecule has 3 N–H and O–H groups in total.